The van der Waals surface area contributed by atoms with Crippen LogP contribution in [0.3, 0.4) is 0 Å². The summed E-state index contributed by atoms with van der Waals surface area (Å²) in [6.45, 7) is 4.66. The molecule has 0 saturated carbocycles. The zero-order valence-corrected chi connectivity index (χ0v) is 24.7. The maximum atomic E-state index is 12.4. The van der Waals surface area contributed by atoms with E-state index in [2.05, 4.69) is 42.6 Å². The molecule has 1 aromatic heterocycles. The van der Waals surface area contributed by atoms with Crippen LogP contribution in [0, 0.1) is 0 Å². The van der Waals surface area contributed by atoms with Gasteiger partial charge in [-0.05, 0) is 67.4 Å². The Morgan fingerprint density at radius 3 is 2.74 bits per heavy atom. The third-order valence-electron chi connectivity index (χ3n) is 7.16. The van der Waals surface area contributed by atoms with Crippen LogP contribution in [-0.2, 0) is 14.3 Å². The number of carbonyl (C=O) groups is 2. The summed E-state index contributed by atoms with van der Waals surface area (Å²) in [7, 11) is 0. The monoisotopic (exact) mass is 608 g/mol. The predicted octanol–water partition coefficient (Wildman–Crippen LogP) is 2.37. The number of aliphatic imine (C=N–C) groups is 1. The van der Waals surface area contributed by atoms with Crippen molar-refractivity contribution in [3.05, 3.63) is 63.4 Å². The number of nitrogens with zero attached hydrogens (tertiary/aromatic N) is 2. The summed E-state index contributed by atoms with van der Waals surface area (Å²) >= 11 is 1.26. The van der Waals surface area contributed by atoms with Crippen molar-refractivity contribution >= 4 is 51.6 Å². The van der Waals surface area contributed by atoms with Gasteiger partial charge in [-0.3, -0.25) is 14.6 Å². The van der Waals surface area contributed by atoms with Gasteiger partial charge in [0.15, 0.2) is 5.17 Å². The van der Waals surface area contributed by atoms with E-state index in [1.807, 2.05) is 18.2 Å². The Labute approximate surface area is 252 Å². The van der Waals surface area contributed by atoms with Crippen molar-refractivity contribution < 1.29 is 24.2 Å². The number of aliphatic hydroxyl groups is 1. The number of imidazole rings is 1. The van der Waals surface area contributed by atoms with Crippen molar-refractivity contribution in [2.75, 3.05) is 44.3 Å². The van der Waals surface area contributed by atoms with E-state index in [0.717, 1.165) is 37.2 Å². The van der Waals surface area contributed by atoms with E-state index in [-0.39, 0.29) is 37.1 Å². The van der Waals surface area contributed by atoms with Crippen molar-refractivity contribution in [2.24, 2.45) is 4.99 Å². The number of hydrogen-bond donors (Lipinski definition) is 5. The van der Waals surface area contributed by atoms with Gasteiger partial charge in [-0.2, -0.15) is 0 Å². The molecule has 228 valence electrons. The first-order valence-corrected chi connectivity index (χ1v) is 15.2. The van der Waals surface area contributed by atoms with Crippen molar-refractivity contribution in [1.29, 1.82) is 0 Å². The predicted molar refractivity (Wildman–Crippen MR) is 167 cm³/mol. The van der Waals surface area contributed by atoms with Crippen LogP contribution in [0.4, 0.5) is 5.69 Å². The molecular formula is C30H36N6O6S. The normalized spacial score (nSPS) is 18.4. The summed E-state index contributed by atoms with van der Waals surface area (Å²) < 4.78 is 10.7. The SMILES string of the molecule is CCOC(=O)CCN=C1NC(=O)C(=Cc2ccc(N3CCC(NCC(O)COc4cccc5[nH]c(=O)[nH]c45)CC3)cc2)S1. The van der Waals surface area contributed by atoms with Gasteiger partial charge in [-0.1, -0.05) is 18.2 Å². The molecule has 5 rings (SSSR count). The lowest BCUT2D eigenvalue weighted by Crippen LogP contribution is -2.45. The minimum Gasteiger partial charge on any atom is -0.489 e. The molecule has 0 spiro atoms. The van der Waals surface area contributed by atoms with Crippen LogP contribution in [0.25, 0.3) is 17.1 Å². The van der Waals surface area contributed by atoms with Gasteiger partial charge in [0.2, 0.25) is 0 Å². The van der Waals surface area contributed by atoms with Gasteiger partial charge in [-0.15, -0.1) is 0 Å². The topological polar surface area (TPSA) is 161 Å². The lowest BCUT2D eigenvalue weighted by atomic mass is 10.0. The molecule has 2 fully saturated rings. The number of anilines is 1. The Morgan fingerprint density at radius 1 is 1.19 bits per heavy atom. The molecule has 0 bridgehead atoms. The van der Waals surface area contributed by atoms with Gasteiger partial charge < -0.3 is 40.1 Å². The number of carbonyl (C=O) groups excluding carboxylic acids is 2. The van der Waals surface area contributed by atoms with E-state index in [9.17, 15) is 19.5 Å². The molecule has 3 heterocycles. The number of aromatic nitrogens is 2. The van der Waals surface area contributed by atoms with E-state index in [4.69, 9.17) is 9.47 Å². The quantitative estimate of drug-likeness (QED) is 0.154. The highest BCUT2D eigenvalue weighted by molar-refractivity contribution is 8.18. The molecule has 1 atom stereocenters. The summed E-state index contributed by atoms with van der Waals surface area (Å²) in [6, 6.07) is 13.8. The number of ether oxygens (including phenoxy) is 2. The fourth-order valence-corrected chi connectivity index (χ4v) is 5.80. The number of H-pyrrole nitrogens is 2. The van der Waals surface area contributed by atoms with Crippen molar-refractivity contribution in [3.8, 4) is 5.75 Å². The van der Waals surface area contributed by atoms with Crippen LogP contribution in [0.15, 0.2) is 57.2 Å². The van der Waals surface area contributed by atoms with Crippen molar-refractivity contribution in [3.63, 3.8) is 0 Å². The summed E-state index contributed by atoms with van der Waals surface area (Å²) in [5.74, 6) is 0.0161. The van der Waals surface area contributed by atoms with Crippen LogP contribution in [0.1, 0.15) is 31.7 Å². The zero-order valence-electron chi connectivity index (χ0n) is 23.9. The molecule has 0 aliphatic carbocycles. The number of esters is 1. The van der Waals surface area contributed by atoms with Gasteiger partial charge in [0.1, 0.15) is 24.0 Å². The molecule has 12 nitrogen and oxygen atoms in total. The number of thioether (sulfide) groups is 1. The number of aliphatic hydroxyl groups excluding tert-OH is 1. The van der Waals surface area contributed by atoms with E-state index in [1.165, 1.54) is 11.8 Å². The average molecular weight is 609 g/mol. The Balaban J connectivity index is 1.04. The average Bonchev–Trinajstić information content (AvgIpc) is 3.56. The second-order valence-electron chi connectivity index (χ2n) is 10.3. The lowest BCUT2D eigenvalue weighted by Gasteiger charge is -2.34. The molecule has 2 aliphatic rings. The number of amides is 1. The molecule has 2 aromatic carbocycles. The fourth-order valence-electron chi connectivity index (χ4n) is 4.96. The van der Waals surface area contributed by atoms with Crippen LogP contribution in [-0.4, -0.2) is 83.7 Å². The Morgan fingerprint density at radius 2 is 1.98 bits per heavy atom. The lowest BCUT2D eigenvalue weighted by molar-refractivity contribution is -0.142. The summed E-state index contributed by atoms with van der Waals surface area (Å²) in [6.07, 6.45) is 3.21. The number of rotatable bonds is 12. The number of fused-ring (bicyclic) bond motifs is 1. The standard InChI is InChI=1S/C30H36N6O6S/c1-2-41-26(38)10-13-31-30-35-28(39)25(43-30)16-19-6-8-21(9-7-19)36-14-11-20(12-15-36)32-17-22(37)18-42-24-5-3-4-23-27(24)34-29(40)33-23/h3-9,16,20,22,32,37H,2,10-15,17-18H2,1H3,(H,31,35,39)(H2,33,34,40). The molecule has 2 aliphatic heterocycles. The van der Waals surface area contributed by atoms with Crippen LogP contribution < -0.4 is 26.0 Å². The second-order valence-corrected chi connectivity index (χ2v) is 11.3. The van der Waals surface area contributed by atoms with Crippen LogP contribution >= 0.6 is 11.8 Å². The molecule has 0 radical (unpaired) electrons. The Bertz CT molecular complexity index is 1540. The highest BCUT2D eigenvalue weighted by Crippen LogP contribution is 2.27. The summed E-state index contributed by atoms with van der Waals surface area (Å²) in [5.41, 5.74) is 3.00. The number of para-hydroxylation sites is 1. The summed E-state index contributed by atoms with van der Waals surface area (Å²) in [5, 5.41) is 17.1. The largest absolute Gasteiger partial charge is 0.489 e. The number of piperidine rings is 1. The highest BCUT2D eigenvalue weighted by atomic mass is 32.2. The second kappa shape index (κ2) is 14.4. The Kier molecular flexibility index (Phi) is 10.2. The molecular weight excluding hydrogens is 572 g/mol. The zero-order chi connectivity index (χ0) is 30.2. The van der Waals surface area contributed by atoms with Gasteiger partial charge in [-0.25, -0.2) is 4.79 Å². The fraction of sp³-hybridized carbons (Fsp3) is 0.400. The molecule has 5 N–H and O–H groups in total. The number of hydrogen-bond acceptors (Lipinski definition) is 10. The molecule has 2 saturated heterocycles. The van der Waals surface area contributed by atoms with Crippen LogP contribution in [0.2, 0.25) is 0 Å². The molecule has 3 aromatic rings. The van der Waals surface area contributed by atoms with Crippen molar-refractivity contribution in [1.82, 2.24) is 20.6 Å². The van der Waals surface area contributed by atoms with Gasteiger partial charge in [0, 0.05) is 31.4 Å². The third-order valence-corrected chi connectivity index (χ3v) is 8.11. The van der Waals surface area contributed by atoms with Crippen LogP contribution in [0.5, 0.6) is 5.75 Å². The maximum Gasteiger partial charge on any atom is 0.323 e. The van der Waals surface area contributed by atoms with Gasteiger partial charge >= 0.3 is 11.7 Å². The molecule has 1 unspecified atom stereocenters. The first-order chi connectivity index (χ1) is 20.9. The van der Waals surface area contributed by atoms with Gasteiger partial charge in [0.25, 0.3) is 5.91 Å². The maximum absolute atomic E-state index is 12.4. The smallest absolute Gasteiger partial charge is 0.323 e. The first-order valence-electron chi connectivity index (χ1n) is 14.4. The van der Waals surface area contributed by atoms with E-state index in [1.54, 1.807) is 25.1 Å². The minimum atomic E-state index is -0.687. The minimum absolute atomic E-state index is 0.116. The number of amidine groups is 1. The van der Waals surface area contributed by atoms with Crippen molar-refractivity contribution in [2.45, 2.75) is 38.3 Å². The first kappa shape index (κ1) is 30.4. The van der Waals surface area contributed by atoms with E-state index in [0.29, 0.717) is 46.0 Å². The Hall–Kier alpha value is -4.07. The molecule has 43 heavy (non-hydrogen) atoms. The number of aromatic amines is 2. The van der Waals surface area contributed by atoms with Gasteiger partial charge in [0.05, 0.1) is 30.0 Å². The summed E-state index contributed by atoms with van der Waals surface area (Å²) in [4.78, 5) is 48.0. The molecule has 1 amide bonds. The third kappa shape index (κ3) is 8.27. The van der Waals surface area contributed by atoms with E-state index < -0.39 is 6.10 Å². The van der Waals surface area contributed by atoms with E-state index >= 15 is 0 Å². The highest BCUT2D eigenvalue weighted by Gasteiger charge is 2.24. The molecule has 13 heteroatoms. The number of benzene rings is 2. The number of nitrogens with one attached hydrogen (secondary N) is 4.